The molecule has 3 heteroatoms. The average molecular weight is 336 g/mol. The van der Waals surface area contributed by atoms with Gasteiger partial charge < -0.3 is 9.53 Å². The van der Waals surface area contributed by atoms with Crippen molar-refractivity contribution in [2.24, 2.45) is 5.41 Å². The van der Waals surface area contributed by atoms with Gasteiger partial charge in [-0.05, 0) is 29.1 Å². The molecule has 0 spiro atoms. The van der Waals surface area contributed by atoms with Crippen molar-refractivity contribution in [3.8, 4) is 0 Å². The first-order valence-electron chi connectivity index (χ1n) is 8.56. The molecule has 1 unspecified atom stereocenters. The molecule has 0 aliphatic rings. The van der Waals surface area contributed by atoms with Crippen molar-refractivity contribution in [1.82, 2.24) is 0 Å². The van der Waals surface area contributed by atoms with Crippen LogP contribution in [-0.2, 0) is 10.0 Å². The zero-order chi connectivity index (χ0) is 17.9. The molecule has 23 heavy (non-hydrogen) atoms. The van der Waals surface area contributed by atoms with Crippen LogP contribution < -0.4 is 0 Å². The minimum absolute atomic E-state index is 0.0679. The third kappa shape index (κ3) is 6.05. The van der Waals surface area contributed by atoms with E-state index in [-0.39, 0.29) is 10.5 Å². The highest BCUT2D eigenvalue weighted by Crippen LogP contribution is 2.39. The predicted octanol–water partition coefficient (Wildman–Crippen LogP) is 5.54. The molecule has 0 saturated heterocycles. The molecular formula is C20H35O2Si. The van der Waals surface area contributed by atoms with Gasteiger partial charge in [-0.25, -0.2) is 0 Å². The summed E-state index contributed by atoms with van der Waals surface area (Å²) in [4.78, 5) is 0. The zero-order valence-electron chi connectivity index (χ0n) is 16.2. The lowest BCUT2D eigenvalue weighted by Gasteiger charge is -2.39. The Balaban J connectivity index is 2.88. The van der Waals surface area contributed by atoms with Gasteiger partial charge in [0, 0.05) is 19.4 Å². The van der Waals surface area contributed by atoms with Crippen molar-refractivity contribution in [2.75, 3.05) is 6.61 Å². The summed E-state index contributed by atoms with van der Waals surface area (Å²) in [5.41, 5.74) is -0.0857. The van der Waals surface area contributed by atoms with Crippen LogP contribution in [0.2, 0.25) is 18.1 Å². The van der Waals surface area contributed by atoms with Crippen molar-refractivity contribution >= 4 is 8.32 Å². The summed E-state index contributed by atoms with van der Waals surface area (Å²) in [5, 5.41) is 11.5. The molecule has 0 amide bonds. The topological polar surface area (TPSA) is 29.5 Å². The minimum Gasteiger partial charge on any atom is -0.417 e. The van der Waals surface area contributed by atoms with Crippen LogP contribution in [0, 0.1) is 11.8 Å². The molecule has 1 atom stereocenters. The second-order valence-corrected chi connectivity index (χ2v) is 14.0. The lowest BCUT2D eigenvalue weighted by atomic mass is 9.76. The highest BCUT2D eigenvalue weighted by molar-refractivity contribution is 6.74. The van der Waals surface area contributed by atoms with Gasteiger partial charge in [0.15, 0.2) is 8.32 Å². The fourth-order valence-corrected chi connectivity index (χ4v) is 3.47. The van der Waals surface area contributed by atoms with Gasteiger partial charge in [0.25, 0.3) is 0 Å². The molecule has 131 valence electrons. The molecule has 1 rings (SSSR count). The van der Waals surface area contributed by atoms with Crippen LogP contribution in [-0.4, -0.2) is 20.0 Å². The number of rotatable bonds is 6. The van der Waals surface area contributed by atoms with Gasteiger partial charge >= 0.3 is 0 Å². The summed E-state index contributed by atoms with van der Waals surface area (Å²) in [6.07, 6.45) is 2.63. The van der Waals surface area contributed by atoms with Gasteiger partial charge in [0.05, 0.1) is 5.60 Å². The molecule has 2 nitrogen and oxygen atoms in total. The largest absolute Gasteiger partial charge is 0.417 e. The number of aliphatic hydroxyl groups is 1. The van der Waals surface area contributed by atoms with E-state index in [1.54, 1.807) is 0 Å². The molecular weight excluding hydrogens is 300 g/mol. The summed E-state index contributed by atoms with van der Waals surface area (Å²) in [5.74, 6) is 0. The normalized spacial score (nSPS) is 16.2. The Morgan fingerprint density at radius 1 is 1.00 bits per heavy atom. The van der Waals surface area contributed by atoms with Crippen molar-refractivity contribution in [3.05, 3.63) is 42.3 Å². The zero-order valence-corrected chi connectivity index (χ0v) is 17.2. The first-order chi connectivity index (χ1) is 10.3. The Hall–Kier alpha value is -0.643. The van der Waals surface area contributed by atoms with Crippen LogP contribution in [0.15, 0.2) is 30.3 Å². The monoisotopic (exact) mass is 335 g/mol. The van der Waals surface area contributed by atoms with E-state index in [4.69, 9.17) is 4.43 Å². The van der Waals surface area contributed by atoms with E-state index >= 15 is 0 Å². The van der Waals surface area contributed by atoms with Gasteiger partial charge in [-0.3, -0.25) is 0 Å². The van der Waals surface area contributed by atoms with Crippen LogP contribution >= 0.6 is 0 Å². The summed E-state index contributed by atoms with van der Waals surface area (Å²) in [7, 11) is -1.79. The third-order valence-corrected chi connectivity index (χ3v) is 9.24. The highest BCUT2D eigenvalue weighted by atomic mass is 28.4. The Labute approximate surface area is 144 Å². The second kappa shape index (κ2) is 7.08. The fraction of sp³-hybridized carbons (Fsp3) is 0.650. The Bertz CT molecular complexity index is 483. The average Bonchev–Trinajstić information content (AvgIpc) is 2.36. The quantitative estimate of drug-likeness (QED) is 0.692. The van der Waals surface area contributed by atoms with Crippen LogP contribution in [0.4, 0.5) is 0 Å². The molecule has 0 aliphatic heterocycles. The molecule has 0 aliphatic carbocycles. The Morgan fingerprint density at radius 3 is 1.96 bits per heavy atom. The van der Waals surface area contributed by atoms with E-state index in [0.717, 1.165) is 5.56 Å². The molecule has 0 bridgehead atoms. The number of hydrogen-bond donors (Lipinski definition) is 1. The van der Waals surface area contributed by atoms with E-state index in [9.17, 15) is 5.11 Å². The van der Waals surface area contributed by atoms with Gasteiger partial charge in [0.2, 0.25) is 0 Å². The lowest BCUT2D eigenvalue weighted by molar-refractivity contribution is 0.0271. The summed E-state index contributed by atoms with van der Waals surface area (Å²) >= 11 is 0. The van der Waals surface area contributed by atoms with E-state index in [0.29, 0.717) is 13.0 Å². The maximum absolute atomic E-state index is 11.3. The second-order valence-electron chi connectivity index (χ2n) is 9.16. The standard InChI is InChI=1S/C20H35O2Si/c1-18(2,3)16-20(21,17-12-10-9-11-13-17)14-15-22-23(7,8)19(4,5)6/h9-13,16,21H,14-15H2,1-8H3. The van der Waals surface area contributed by atoms with Gasteiger partial charge in [0.1, 0.15) is 0 Å². The predicted molar refractivity (Wildman–Crippen MR) is 102 cm³/mol. The third-order valence-electron chi connectivity index (χ3n) is 4.70. The van der Waals surface area contributed by atoms with E-state index in [1.807, 2.05) is 36.8 Å². The maximum Gasteiger partial charge on any atom is 0.191 e. The van der Waals surface area contributed by atoms with Crippen LogP contribution in [0.1, 0.15) is 53.5 Å². The molecule has 1 aromatic carbocycles. The van der Waals surface area contributed by atoms with Crippen LogP contribution in [0.25, 0.3) is 0 Å². The Morgan fingerprint density at radius 2 is 1.52 bits per heavy atom. The first kappa shape index (κ1) is 20.4. The van der Waals surface area contributed by atoms with Gasteiger partial charge in [-0.2, -0.15) is 0 Å². The molecule has 0 heterocycles. The van der Waals surface area contributed by atoms with Crippen molar-refractivity contribution in [2.45, 2.75) is 71.7 Å². The van der Waals surface area contributed by atoms with Gasteiger partial charge in [-0.1, -0.05) is 71.9 Å². The van der Waals surface area contributed by atoms with Crippen LogP contribution in [0.3, 0.4) is 0 Å². The highest BCUT2D eigenvalue weighted by Gasteiger charge is 2.39. The summed E-state index contributed by atoms with van der Waals surface area (Å²) in [6, 6.07) is 9.92. The first-order valence-corrected chi connectivity index (χ1v) is 11.5. The van der Waals surface area contributed by atoms with Crippen molar-refractivity contribution in [1.29, 1.82) is 0 Å². The van der Waals surface area contributed by atoms with Crippen molar-refractivity contribution < 1.29 is 9.53 Å². The van der Waals surface area contributed by atoms with Crippen LogP contribution in [0.5, 0.6) is 0 Å². The minimum atomic E-state index is -1.79. The Kier molecular flexibility index (Phi) is 6.28. The van der Waals surface area contributed by atoms with Crippen molar-refractivity contribution in [3.63, 3.8) is 0 Å². The fourth-order valence-electron chi connectivity index (χ4n) is 2.42. The number of hydrogen-bond acceptors (Lipinski definition) is 2. The van der Waals surface area contributed by atoms with E-state index < -0.39 is 13.9 Å². The molecule has 0 saturated carbocycles. The number of benzene rings is 1. The maximum atomic E-state index is 11.3. The molecule has 0 aromatic heterocycles. The molecule has 1 aromatic rings. The molecule has 1 N–H and O–H groups in total. The summed E-state index contributed by atoms with van der Waals surface area (Å²) < 4.78 is 6.28. The van der Waals surface area contributed by atoms with E-state index in [2.05, 4.69) is 54.6 Å². The molecule has 1 radical (unpaired) electrons. The SMILES string of the molecule is CC(C)(C)[CH]C(O)(CCO[Si](C)(C)C(C)(C)C)c1ccccc1. The van der Waals surface area contributed by atoms with E-state index in [1.165, 1.54) is 0 Å². The smallest absolute Gasteiger partial charge is 0.191 e. The summed E-state index contributed by atoms with van der Waals surface area (Å²) in [6.45, 7) is 18.2. The molecule has 0 fully saturated rings. The lowest BCUT2D eigenvalue weighted by Crippen LogP contribution is -2.42. The van der Waals surface area contributed by atoms with Gasteiger partial charge in [-0.15, -0.1) is 0 Å².